The molecule has 3 unspecified atom stereocenters. The second-order valence-corrected chi connectivity index (χ2v) is 10.0. The van der Waals surface area contributed by atoms with Crippen molar-refractivity contribution < 1.29 is 40.7 Å². The quantitative estimate of drug-likeness (QED) is 0.326. The van der Waals surface area contributed by atoms with Crippen LogP contribution < -0.4 is 15.4 Å². The number of halogens is 6. The summed E-state index contributed by atoms with van der Waals surface area (Å²) in [7, 11) is 1.19. The Hall–Kier alpha value is -4.28. The standard InChI is InChI=1S/C30H24F6N2O3/c1-41-25-14-24(33)23(32)13-20(25)28(39)38-27-18-9-8-17(19(18)11-15-5-3-2-4-6-15)26(27)29(40)37-16-7-10-22(31)21(12-16)30(34,35)36/h2-7,10-14,17-18,26-27H,8-9H2,1H3,(H,37,40)(H,38,39)/b19-11+/t17?,18?,26-,27?/m0/s1. The summed E-state index contributed by atoms with van der Waals surface area (Å²) < 4.78 is 86.4. The molecular weight excluding hydrogens is 550 g/mol. The minimum Gasteiger partial charge on any atom is -0.496 e. The van der Waals surface area contributed by atoms with Crippen LogP contribution in [0.4, 0.5) is 32.0 Å². The average Bonchev–Trinajstić information content (AvgIpc) is 3.45. The van der Waals surface area contributed by atoms with Crippen LogP contribution in [0, 0.1) is 35.2 Å². The molecular formula is C30H24F6N2O3. The summed E-state index contributed by atoms with van der Waals surface area (Å²) in [6.07, 6.45) is -1.85. The van der Waals surface area contributed by atoms with Crippen molar-refractivity contribution in [1.82, 2.24) is 5.32 Å². The molecule has 2 fully saturated rings. The number of nitrogens with one attached hydrogen (secondary N) is 2. The molecule has 2 aliphatic rings. The number of fused-ring (bicyclic) bond motifs is 2. The van der Waals surface area contributed by atoms with Gasteiger partial charge in [-0.25, -0.2) is 13.2 Å². The Morgan fingerprint density at radius 3 is 2.27 bits per heavy atom. The van der Waals surface area contributed by atoms with Gasteiger partial charge in [-0.3, -0.25) is 9.59 Å². The van der Waals surface area contributed by atoms with Gasteiger partial charge < -0.3 is 15.4 Å². The van der Waals surface area contributed by atoms with Gasteiger partial charge in [0, 0.05) is 23.7 Å². The highest BCUT2D eigenvalue weighted by Crippen LogP contribution is 2.53. The number of hydrogen-bond donors (Lipinski definition) is 2. The molecule has 0 spiro atoms. The first-order chi connectivity index (χ1) is 19.5. The summed E-state index contributed by atoms with van der Waals surface area (Å²) in [5, 5.41) is 5.23. The van der Waals surface area contributed by atoms with E-state index >= 15 is 0 Å². The molecule has 4 atom stereocenters. The van der Waals surface area contributed by atoms with Gasteiger partial charge >= 0.3 is 6.18 Å². The van der Waals surface area contributed by atoms with Crippen molar-refractivity contribution in [2.75, 3.05) is 12.4 Å². The highest BCUT2D eigenvalue weighted by molar-refractivity contribution is 5.99. The molecule has 0 aromatic heterocycles. The predicted octanol–water partition coefficient (Wildman–Crippen LogP) is 6.61. The van der Waals surface area contributed by atoms with Crippen LogP contribution in [0.1, 0.15) is 34.3 Å². The maximum atomic E-state index is 14.0. The van der Waals surface area contributed by atoms with Crippen LogP contribution in [0.15, 0.2) is 66.2 Å². The lowest BCUT2D eigenvalue weighted by Crippen LogP contribution is -2.48. The third kappa shape index (κ3) is 5.53. The van der Waals surface area contributed by atoms with Crippen molar-refractivity contribution in [3.8, 4) is 5.75 Å². The first kappa shape index (κ1) is 28.3. The van der Waals surface area contributed by atoms with Gasteiger partial charge in [-0.15, -0.1) is 0 Å². The lowest BCUT2D eigenvalue weighted by atomic mass is 9.83. The second kappa shape index (κ2) is 10.9. The molecule has 3 aromatic carbocycles. The molecule has 2 saturated carbocycles. The Balaban J connectivity index is 1.49. The minimum absolute atomic E-state index is 0.211. The molecule has 2 N–H and O–H groups in total. The third-order valence-corrected chi connectivity index (χ3v) is 7.66. The summed E-state index contributed by atoms with van der Waals surface area (Å²) >= 11 is 0. The summed E-state index contributed by atoms with van der Waals surface area (Å²) in [4.78, 5) is 26.9. The van der Waals surface area contributed by atoms with Gasteiger partial charge in [0.05, 0.1) is 24.2 Å². The average molecular weight is 575 g/mol. The predicted molar refractivity (Wildman–Crippen MR) is 138 cm³/mol. The van der Waals surface area contributed by atoms with Gasteiger partial charge in [0.25, 0.3) is 5.91 Å². The lowest BCUT2D eigenvalue weighted by Gasteiger charge is -2.30. The van der Waals surface area contributed by atoms with Crippen LogP contribution in [0.25, 0.3) is 6.08 Å². The van der Waals surface area contributed by atoms with Gasteiger partial charge in [-0.05, 0) is 48.6 Å². The Kier molecular flexibility index (Phi) is 7.54. The Morgan fingerprint density at radius 2 is 1.59 bits per heavy atom. The van der Waals surface area contributed by atoms with Crippen LogP contribution in [-0.2, 0) is 11.0 Å². The van der Waals surface area contributed by atoms with Crippen molar-refractivity contribution in [2.24, 2.45) is 17.8 Å². The van der Waals surface area contributed by atoms with Crippen molar-refractivity contribution in [3.05, 3.63) is 100 Å². The number of amides is 2. The van der Waals surface area contributed by atoms with Gasteiger partial charge in [-0.2, -0.15) is 13.2 Å². The topological polar surface area (TPSA) is 67.4 Å². The fraction of sp³-hybridized carbons (Fsp3) is 0.267. The molecule has 2 amide bonds. The number of benzene rings is 3. The van der Waals surface area contributed by atoms with Crippen LogP contribution in [0.2, 0.25) is 0 Å². The Bertz CT molecular complexity index is 1520. The Labute approximate surface area is 231 Å². The first-order valence-electron chi connectivity index (χ1n) is 12.8. The van der Waals surface area contributed by atoms with E-state index in [0.29, 0.717) is 31.0 Å². The van der Waals surface area contributed by atoms with E-state index in [1.807, 2.05) is 36.4 Å². The monoisotopic (exact) mass is 574 g/mol. The van der Waals surface area contributed by atoms with Crippen LogP contribution >= 0.6 is 0 Å². The van der Waals surface area contributed by atoms with E-state index in [2.05, 4.69) is 10.6 Å². The van der Waals surface area contributed by atoms with Gasteiger partial charge in [0.15, 0.2) is 11.6 Å². The fourth-order valence-electron chi connectivity index (χ4n) is 5.88. The number of carbonyl (C=O) groups excluding carboxylic acids is 2. The number of hydrogen-bond acceptors (Lipinski definition) is 3. The van der Waals surface area contributed by atoms with Crippen molar-refractivity contribution >= 4 is 23.6 Å². The lowest BCUT2D eigenvalue weighted by molar-refractivity contribution is -0.140. The summed E-state index contributed by atoms with van der Waals surface area (Å²) in [5.74, 6) is -7.22. The molecule has 2 aliphatic carbocycles. The van der Waals surface area contributed by atoms with E-state index in [0.717, 1.165) is 23.3 Å². The molecule has 11 heteroatoms. The number of ether oxygens (including phenoxy) is 1. The number of carbonyl (C=O) groups is 2. The molecule has 0 heterocycles. The highest BCUT2D eigenvalue weighted by Gasteiger charge is 2.54. The zero-order chi connectivity index (χ0) is 29.5. The molecule has 5 rings (SSSR count). The zero-order valence-corrected chi connectivity index (χ0v) is 21.6. The maximum Gasteiger partial charge on any atom is 0.419 e. The van der Waals surface area contributed by atoms with E-state index in [1.54, 1.807) is 0 Å². The third-order valence-electron chi connectivity index (χ3n) is 7.66. The van der Waals surface area contributed by atoms with E-state index in [9.17, 15) is 35.9 Å². The fourth-order valence-corrected chi connectivity index (χ4v) is 5.88. The van der Waals surface area contributed by atoms with E-state index in [1.165, 1.54) is 7.11 Å². The number of methoxy groups -OCH3 is 1. The summed E-state index contributed by atoms with van der Waals surface area (Å²) in [5.41, 5.74) is -0.318. The van der Waals surface area contributed by atoms with E-state index in [-0.39, 0.29) is 28.8 Å². The van der Waals surface area contributed by atoms with Crippen molar-refractivity contribution in [3.63, 3.8) is 0 Å². The number of rotatable bonds is 6. The van der Waals surface area contributed by atoms with Gasteiger partial charge in [0.1, 0.15) is 11.6 Å². The Morgan fingerprint density at radius 1 is 0.902 bits per heavy atom. The van der Waals surface area contributed by atoms with E-state index < -0.39 is 53.0 Å². The number of alkyl halides is 3. The van der Waals surface area contributed by atoms with Crippen LogP contribution in [0.3, 0.4) is 0 Å². The summed E-state index contributed by atoms with van der Waals surface area (Å²) in [6.45, 7) is 0. The van der Waals surface area contributed by atoms with Crippen LogP contribution in [0.5, 0.6) is 5.75 Å². The van der Waals surface area contributed by atoms with E-state index in [4.69, 9.17) is 4.74 Å². The van der Waals surface area contributed by atoms with Crippen molar-refractivity contribution in [1.29, 1.82) is 0 Å². The summed E-state index contributed by atoms with van der Waals surface area (Å²) in [6, 6.07) is 12.0. The molecule has 214 valence electrons. The largest absolute Gasteiger partial charge is 0.496 e. The molecule has 3 aromatic rings. The van der Waals surface area contributed by atoms with Gasteiger partial charge in [0.2, 0.25) is 5.91 Å². The van der Waals surface area contributed by atoms with Gasteiger partial charge in [-0.1, -0.05) is 42.0 Å². The minimum atomic E-state index is -4.97. The van der Waals surface area contributed by atoms with Crippen molar-refractivity contribution in [2.45, 2.75) is 25.1 Å². The highest BCUT2D eigenvalue weighted by atomic mass is 19.4. The molecule has 2 bridgehead atoms. The molecule has 0 saturated heterocycles. The SMILES string of the molecule is COc1cc(F)c(F)cc1C(=O)NC1C2CCC(/C2=C\c2ccccc2)[C@@H]1C(=O)Nc1ccc(F)c(C(F)(F)F)c1. The zero-order valence-electron chi connectivity index (χ0n) is 21.6. The van der Waals surface area contributed by atoms with Crippen LogP contribution in [-0.4, -0.2) is 25.0 Å². The molecule has 41 heavy (non-hydrogen) atoms. The first-order valence-corrected chi connectivity index (χ1v) is 12.8. The molecule has 0 aliphatic heterocycles. The molecule has 5 nitrogen and oxygen atoms in total. The number of anilines is 1. The maximum absolute atomic E-state index is 14.0. The molecule has 0 radical (unpaired) electrons. The normalized spacial score (nSPS) is 22.6. The second-order valence-electron chi connectivity index (χ2n) is 10.0. The smallest absolute Gasteiger partial charge is 0.419 e.